The molecule has 0 saturated carbocycles. The molecule has 0 amide bonds. The Balaban J connectivity index is 1.53. The van der Waals surface area contributed by atoms with Crippen LogP contribution in [-0.4, -0.2) is 5.97 Å². The molecule has 0 saturated heterocycles. The van der Waals surface area contributed by atoms with Crippen LogP contribution >= 0.6 is 0 Å². The van der Waals surface area contributed by atoms with Crippen molar-refractivity contribution in [2.24, 2.45) is 0 Å². The van der Waals surface area contributed by atoms with Gasteiger partial charge >= 0.3 is 5.97 Å². The summed E-state index contributed by atoms with van der Waals surface area (Å²) in [6.07, 6.45) is 0. The van der Waals surface area contributed by atoms with Crippen molar-refractivity contribution in [2.75, 3.05) is 0 Å². The van der Waals surface area contributed by atoms with Crippen LogP contribution in [0.3, 0.4) is 0 Å². The van der Waals surface area contributed by atoms with Gasteiger partial charge in [-0.1, -0.05) is 49.0 Å². The Kier molecular flexibility index (Phi) is 6.41. The topological polar surface area (TPSA) is 63.2 Å². The molecule has 142 valence electrons. The standard InChI is InChI=1S/C22H18O6/c1-16(2)22(23)26-28-27-25-21-14-10-18(11-15-21)17-8-12-20(13-9-17)24-19-6-4-3-5-7-19/h3-15H,1H2,2H3. The molecule has 0 aromatic heterocycles. The van der Waals surface area contributed by atoms with Crippen LogP contribution in [0.4, 0.5) is 0 Å². The van der Waals surface area contributed by atoms with Crippen molar-refractivity contribution in [2.45, 2.75) is 6.92 Å². The number of hydrogen-bond acceptors (Lipinski definition) is 6. The van der Waals surface area contributed by atoms with E-state index >= 15 is 0 Å². The first-order valence-corrected chi connectivity index (χ1v) is 8.43. The highest BCUT2D eigenvalue weighted by Gasteiger charge is 2.06. The maximum Gasteiger partial charge on any atom is 0.371 e. The van der Waals surface area contributed by atoms with Crippen LogP contribution < -0.4 is 9.62 Å². The molecule has 3 rings (SSSR count). The minimum atomic E-state index is -0.751. The van der Waals surface area contributed by atoms with E-state index in [2.05, 4.69) is 21.5 Å². The third-order valence-corrected chi connectivity index (χ3v) is 3.64. The molecule has 0 aliphatic heterocycles. The molecular weight excluding hydrogens is 360 g/mol. The van der Waals surface area contributed by atoms with Crippen LogP contribution in [0.1, 0.15) is 6.92 Å². The number of para-hydroxylation sites is 1. The number of carbonyl (C=O) groups excluding carboxylic acids is 1. The highest BCUT2D eigenvalue weighted by atomic mass is 17.7. The Bertz CT molecular complexity index is 918. The van der Waals surface area contributed by atoms with E-state index in [-0.39, 0.29) is 5.57 Å². The van der Waals surface area contributed by atoms with Crippen molar-refractivity contribution in [1.82, 2.24) is 0 Å². The van der Waals surface area contributed by atoms with Gasteiger partial charge in [0.05, 0.1) is 0 Å². The van der Waals surface area contributed by atoms with Crippen LogP contribution in [0.2, 0.25) is 0 Å². The molecule has 0 aliphatic carbocycles. The van der Waals surface area contributed by atoms with E-state index < -0.39 is 5.97 Å². The summed E-state index contributed by atoms with van der Waals surface area (Å²) in [7, 11) is 0. The number of benzene rings is 3. The van der Waals surface area contributed by atoms with E-state index in [1.54, 1.807) is 12.1 Å². The number of ether oxygens (including phenoxy) is 1. The van der Waals surface area contributed by atoms with E-state index in [1.165, 1.54) is 6.92 Å². The molecule has 0 spiro atoms. The van der Waals surface area contributed by atoms with Crippen molar-refractivity contribution in [3.8, 4) is 28.4 Å². The molecule has 0 aliphatic rings. The van der Waals surface area contributed by atoms with E-state index in [0.717, 1.165) is 22.6 Å². The van der Waals surface area contributed by atoms with Gasteiger partial charge in [0.2, 0.25) is 0 Å². The van der Waals surface area contributed by atoms with E-state index in [0.29, 0.717) is 5.75 Å². The third-order valence-electron chi connectivity index (χ3n) is 3.64. The van der Waals surface area contributed by atoms with Crippen LogP contribution in [0, 0.1) is 0 Å². The highest BCUT2D eigenvalue weighted by Crippen LogP contribution is 2.27. The zero-order valence-corrected chi connectivity index (χ0v) is 15.2. The fourth-order valence-electron chi connectivity index (χ4n) is 2.21. The zero-order chi connectivity index (χ0) is 19.8. The second-order valence-corrected chi connectivity index (χ2v) is 5.83. The Morgan fingerprint density at radius 1 is 0.714 bits per heavy atom. The lowest BCUT2D eigenvalue weighted by Crippen LogP contribution is -2.08. The molecular formula is C22H18O6. The smallest absolute Gasteiger partial charge is 0.371 e. The summed E-state index contributed by atoms with van der Waals surface area (Å²) in [4.78, 5) is 20.2. The van der Waals surface area contributed by atoms with Gasteiger partial charge in [0.25, 0.3) is 0 Å². The van der Waals surface area contributed by atoms with Crippen LogP contribution in [0.25, 0.3) is 11.1 Å². The largest absolute Gasteiger partial charge is 0.457 e. The quantitative estimate of drug-likeness (QED) is 0.226. The monoisotopic (exact) mass is 378 g/mol. The summed E-state index contributed by atoms with van der Waals surface area (Å²) in [6.45, 7) is 4.88. The summed E-state index contributed by atoms with van der Waals surface area (Å²) in [6, 6.07) is 24.4. The van der Waals surface area contributed by atoms with Gasteiger partial charge in [-0.25, -0.2) is 4.79 Å². The molecule has 0 radical (unpaired) electrons. The van der Waals surface area contributed by atoms with Crippen molar-refractivity contribution >= 4 is 5.97 Å². The van der Waals surface area contributed by atoms with Gasteiger partial charge < -0.3 is 9.62 Å². The lowest BCUT2D eigenvalue weighted by Gasteiger charge is -2.07. The molecule has 6 heteroatoms. The normalized spacial score (nSPS) is 10.2. The van der Waals surface area contributed by atoms with Crippen molar-refractivity contribution in [3.05, 3.63) is 91.0 Å². The van der Waals surface area contributed by atoms with Gasteiger partial charge in [-0.3, -0.25) is 4.89 Å². The van der Waals surface area contributed by atoms with Crippen molar-refractivity contribution < 1.29 is 29.4 Å². The first-order chi connectivity index (χ1) is 13.6. The molecule has 0 heterocycles. The molecule has 3 aromatic carbocycles. The summed E-state index contributed by atoms with van der Waals surface area (Å²) >= 11 is 0. The summed E-state index contributed by atoms with van der Waals surface area (Å²) < 4.78 is 5.78. The summed E-state index contributed by atoms with van der Waals surface area (Å²) in [5.74, 6) is 1.16. The average molecular weight is 378 g/mol. The molecule has 6 nitrogen and oxygen atoms in total. The maximum absolute atomic E-state index is 11.1. The van der Waals surface area contributed by atoms with Crippen LogP contribution in [0.15, 0.2) is 91.0 Å². The first-order valence-electron chi connectivity index (χ1n) is 8.43. The van der Waals surface area contributed by atoms with Crippen molar-refractivity contribution in [3.63, 3.8) is 0 Å². The highest BCUT2D eigenvalue weighted by molar-refractivity contribution is 5.86. The minimum Gasteiger partial charge on any atom is -0.457 e. The Morgan fingerprint density at radius 3 is 1.82 bits per heavy atom. The second-order valence-electron chi connectivity index (χ2n) is 5.83. The molecule has 0 bridgehead atoms. The zero-order valence-electron chi connectivity index (χ0n) is 15.2. The molecule has 0 unspecified atom stereocenters. The summed E-state index contributed by atoms with van der Waals surface area (Å²) in [5.41, 5.74) is 2.17. The molecule has 28 heavy (non-hydrogen) atoms. The minimum absolute atomic E-state index is 0.174. The molecule has 3 aromatic rings. The SMILES string of the molecule is C=C(C)C(=O)OOOOc1ccc(-c2ccc(Oc3ccccc3)cc2)cc1. The predicted octanol–water partition coefficient (Wildman–Crippen LogP) is 5.42. The predicted molar refractivity (Wildman–Crippen MR) is 102 cm³/mol. The third kappa shape index (κ3) is 5.44. The van der Waals surface area contributed by atoms with Gasteiger partial charge in [0, 0.05) is 15.6 Å². The fourth-order valence-corrected chi connectivity index (χ4v) is 2.21. The lowest BCUT2D eigenvalue weighted by atomic mass is 10.1. The molecule has 0 fully saturated rings. The Hall–Kier alpha value is -3.61. The van der Waals surface area contributed by atoms with Crippen LogP contribution in [0.5, 0.6) is 17.2 Å². The number of carbonyl (C=O) groups is 1. The van der Waals surface area contributed by atoms with Crippen molar-refractivity contribution in [1.29, 1.82) is 0 Å². The van der Waals surface area contributed by atoms with Gasteiger partial charge in [0.1, 0.15) is 11.5 Å². The molecule has 0 atom stereocenters. The van der Waals surface area contributed by atoms with Gasteiger partial charge in [-0.15, -0.1) is 0 Å². The van der Waals surface area contributed by atoms with E-state index in [9.17, 15) is 4.79 Å². The average Bonchev–Trinajstić information content (AvgIpc) is 2.73. The van der Waals surface area contributed by atoms with Gasteiger partial charge in [-0.05, 0) is 54.4 Å². The van der Waals surface area contributed by atoms with E-state index in [1.807, 2.05) is 66.7 Å². The lowest BCUT2D eigenvalue weighted by molar-refractivity contribution is -0.587. The van der Waals surface area contributed by atoms with Gasteiger partial charge in [-0.2, -0.15) is 0 Å². The molecule has 0 N–H and O–H groups in total. The number of rotatable bonds is 8. The Morgan fingerprint density at radius 2 is 1.25 bits per heavy atom. The maximum atomic E-state index is 11.1. The fraction of sp³-hybridized carbons (Fsp3) is 0.0455. The number of hydrogen-bond donors (Lipinski definition) is 0. The second kappa shape index (κ2) is 9.36. The van der Waals surface area contributed by atoms with E-state index in [4.69, 9.17) is 9.62 Å². The summed E-state index contributed by atoms with van der Waals surface area (Å²) in [5, 5.41) is 8.55. The first kappa shape index (κ1) is 19.2. The van der Waals surface area contributed by atoms with Crippen LogP contribution in [-0.2, 0) is 19.8 Å². The van der Waals surface area contributed by atoms with Gasteiger partial charge in [0.15, 0.2) is 5.75 Å². The Labute approximate surface area is 162 Å².